The molecule has 3 aromatic carbocycles. The number of sulfonamides is 1. The summed E-state index contributed by atoms with van der Waals surface area (Å²) >= 11 is 0. The molecule has 0 fully saturated rings. The van der Waals surface area contributed by atoms with Gasteiger partial charge in [0.25, 0.3) is 10.0 Å². The number of hydrogen-bond donors (Lipinski definition) is 2. The Labute approximate surface area is 165 Å². The number of anilines is 3. The van der Waals surface area contributed by atoms with Crippen molar-refractivity contribution in [1.29, 1.82) is 0 Å². The second kappa shape index (κ2) is 8.22. The van der Waals surface area contributed by atoms with Crippen LogP contribution in [-0.4, -0.2) is 22.6 Å². The zero-order valence-electron chi connectivity index (χ0n) is 15.9. The molecule has 0 bridgehead atoms. The number of hydrogen-bond acceptors (Lipinski definition) is 5. The number of ether oxygens (including phenoxy) is 2. The molecule has 0 saturated carbocycles. The third kappa shape index (κ3) is 4.55. The monoisotopic (exact) mass is 398 g/mol. The molecule has 28 heavy (non-hydrogen) atoms. The van der Waals surface area contributed by atoms with Crippen molar-refractivity contribution in [3.8, 4) is 11.5 Å². The number of benzene rings is 3. The quantitative estimate of drug-likeness (QED) is 0.610. The largest absolute Gasteiger partial charge is 0.497 e. The lowest BCUT2D eigenvalue weighted by atomic mass is 10.2. The summed E-state index contributed by atoms with van der Waals surface area (Å²) in [5, 5.41) is 3.25. The van der Waals surface area contributed by atoms with Gasteiger partial charge in [-0.2, -0.15) is 0 Å². The smallest absolute Gasteiger partial charge is 0.262 e. The van der Waals surface area contributed by atoms with E-state index in [1.807, 2.05) is 36.4 Å². The Kier molecular flexibility index (Phi) is 5.75. The van der Waals surface area contributed by atoms with Crippen molar-refractivity contribution in [2.75, 3.05) is 24.3 Å². The SMILES string of the molecule is COc1ccc(Nc2ccc(NS(=O)(=O)c3ccc(OC)cc3C)cc2)cc1. The van der Waals surface area contributed by atoms with Crippen LogP contribution in [0.25, 0.3) is 0 Å². The molecule has 0 aliphatic carbocycles. The van der Waals surface area contributed by atoms with Crippen LogP contribution >= 0.6 is 0 Å². The highest BCUT2D eigenvalue weighted by Gasteiger charge is 2.17. The van der Waals surface area contributed by atoms with Crippen LogP contribution in [0, 0.1) is 6.92 Å². The minimum absolute atomic E-state index is 0.216. The number of aryl methyl sites for hydroxylation is 1. The van der Waals surface area contributed by atoms with Crippen molar-refractivity contribution in [2.24, 2.45) is 0 Å². The summed E-state index contributed by atoms with van der Waals surface area (Å²) < 4.78 is 38.2. The molecule has 7 heteroatoms. The van der Waals surface area contributed by atoms with E-state index in [4.69, 9.17) is 9.47 Å². The van der Waals surface area contributed by atoms with Crippen molar-refractivity contribution in [3.63, 3.8) is 0 Å². The lowest BCUT2D eigenvalue weighted by molar-refractivity contribution is 0.414. The van der Waals surface area contributed by atoms with Gasteiger partial charge >= 0.3 is 0 Å². The Hall–Kier alpha value is -3.19. The van der Waals surface area contributed by atoms with Crippen molar-refractivity contribution in [1.82, 2.24) is 0 Å². The van der Waals surface area contributed by atoms with Crippen LogP contribution in [0.2, 0.25) is 0 Å². The first kappa shape index (κ1) is 19.6. The summed E-state index contributed by atoms with van der Waals surface area (Å²) in [4.78, 5) is 0.216. The lowest BCUT2D eigenvalue weighted by Crippen LogP contribution is -2.14. The Morgan fingerprint density at radius 3 is 1.75 bits per heavy atom. The topological polar surface area (TPSA) is 76.7 Å². The van der Waals surface area contributed by atoms with E-state index < -0.39 is 10.0 Å². The van der Waals surface area contributed by atoms with Gasteiger partial charge in [0.2, 0.25) is 0 Å². The summed E-state index contributed by atoms with van der Waals surface area (Å²) in [6.07, 6.45) is 0. The van der Waals surface area contributed by atoms with Gasteiger partial charge in [-0.1, -0.05) is 0 Å². The summed E-state index contributed by atoms with van der Waals surface area (Å²) in [7, 11) is -0.523. The molecule has 0 aromatic heterocycles. The molecule has 0 saturated heterocycles. The van der Waals surface area contributed by atoms with Crippen LogP contribution in [0.5, 0.6) is 11.5 Å². The van der Waals surface area contributed by atoms with Gasteiger partial charge < -0.3 is 14.8 Å². The van der Waals surface area contributed by atoms with Gasteiger partial charge in [0.1, 0.15) is 11.5 Å². The Morgan fingerprint density at radius 2 is 1.21 bits per heavy atom. The maximum Gasteiger partial charge on any atom is 0.262 e. The molecule has 0 spiro atoms. The van der Waals surface area contributed by atoms with Gasteiger partial charge in [0.05, 0.1) is 19.1 Å². The average Bonchev–Trinajstić information content (AvgIpc) is 2.69. The van der Waals surface area contributed by atoms with Gasteiger partial charge in [-0.05, 0) is 79.2 Å². The fourth-order valence-electron chi connectivity index (χ4n) is 2.72. The van der Waals surface area contributed by atoms with Gasteiger partial charge in [0.15, 0.2) is 0 Å². The van der Waals surface area contributed by atoms with Gasteiger partial charge in [0, 0.05) is 17.1 Å². The van der Waals surface area contributed by atoms with Crippen molar-refractivity contribution >= 4 is 27.1 Å². The molecule has 6 nitrogen and oxygen atoms in total. The molecule has 3 rings (SSSR count). The summed E-state index contributed by atoms with van der Waals surface area (Å²) in [5.41, 5.74) is 2.84. The molecule has 0 radical (unpaired) electrons. The van der Waals surface area contributed by atoms with Crippen molar-refractivity contribution < 1.29 is 17.9 Å². The average molecular weight is 398 g/mol. The van der Waals surface area contributed by atoms with Gasteiger partial charge in [-0.25, -0.2) is 8.42 Å². The minimum atomic E-state index is -3.69. The summed E-state index contributed by atoms with van der Waals surface area (Å²) in [5.74, 6) is 1.40. The van der Waals surface area contributed by atoms with E-state index in [-0.39, 0.29) is 4.90 Å². The van der Waals surface area contributed by atoms with Crippen molar-refractivity contribution in [2.45, 2.75) is 11.8 Å². The maximum atomic E-state index is 12.7. The fourth-order valence-corrected chi connectivity index (χ4v) is 4.01. The molecule has 0 unspecified atom stereocenters. The summed E-state index contributed by atoms with van der Waals surface area (Å²) in [6, 6.07) is 19.4. The molecular formula is C21H22N2O4S. The molecule has 2 N–H and O–H groups in total. The van der Waals surface area contributed by atoms with E-state index >= 15 is 0 Å². The molecule has 0 atom stereocenters. The van der Waals surface area contributed by atoms with Crippen LogP contribution in [-0.2, 0) is 10.0 Å². The van der Waals surface area contributed by atoms with E-state index in [9.17, 15) is 8.42 Å². The van der Waals surface area contributed by atoms with Crippen LogP contribution in [0.3, 0.4) is 0 Å². The number of methoxy groups -OCH3 is 2. The van der Waals surface area contributed by atoms with E-state index in [1.54, 1.807) is 45.4 Å². The van der Waals surface area contributed by atoms with Crippen molar-refractivity contribution in [3.05, 3.63) is 72.3 Å². The second-order valence-corrected chi connectivity index (χ2v) is 7.82. The normalized spacial score (nSPS) is 11.0. The molecule has 0 aliphatic rings. The second-order valence-electron chi connectivity index (χ2n) is 6.17. The third-order valence-corrected chi connectivity index (χ3v) is 5.73. The highest BCUT2D eigenvalue weighted by Crippen LogP contribution is 2.25. The Balaban J connectivity index is 1.72. The van der Waals surface area contributed by atoms with Gasteiger partial charge in [-0.15, -0.1) is 0 Å². The standard InChI is InChI=1S/C21H22N2O4S/c1-15-14-20(27-3)12-13-21(15)28(24,25)23-18-6-4-16(5-7-18)22-17-8-10-19(26-2)11-9-17/h4-14,22-23H,1-3H3. The lowest BCUT2D eigenvalue weighted by Gasteiger charge is -2.12. The highest BCUT2D eigenvalue weighted by molar-refractivity contribution is 7.92. The predicted octanol–water partition coefficient (Wildman–Crippen LogP) is 4.56. The van der Waals surface area contributed by atoms with Gasteiger partial charge in [-0.3, -0.25) is 4.72 Å². The molecule has 3 aromatic rings. The first-order chi connectivity index (χ1) is 13.4. The van der Waals surface area contributed by atoms with E-state index in [1.165, 1.54) is 6.07 Å². The van der Waals surface area contributed by atoms with Crippen LogP contribution in [0.15, 0.2) is 71.6 Å². The molecular weight excluding hydrogens is 376 g/mol. The minimum Gasteiger partial charge on any atom is -0.497 e. The zero-order valence-corrected chi connectivity index (χ0v) is 16.7. The van der Waals surface area contributed by atoms with E-state index in [0.29, 0.717) is 17.0 Å². The molecule has 146 valence electrons. The van der Waals surface area contributed by atoms with Crippen LogP contribution in [0.1, 0.15) is 5.56 Å². The van der Waals surface area contributed by atoms with Crippen LogP contribution < -0.4 is 19.5 Å². The number of rotatable bonds is 7. The molecule has 0 heterocycles. The third-order valence-electron chi connectivity index (χ3n) is 4.19. The molecule has 0 aliphatic heterocycles. The fraction of sp³-hybridized carbons (Fsp3) is 0.143. The Bertz CT molecular complexity index is 1050. The van der Waals surface area contributed by atoms with E-state index in [2.05, 4.69) is 10.0 Å². The van der Waals surface area contributed by atoms with Crippen LogP contribution in [0.4, 0.5) is 17.1 Å². The number of nitrogens with one attached hydrogen (secondary N) is 2. The Morgan fingerprint density at radius 1 is 0.714 bits per heavy atom. The highest BCUT2D eigenvalue weighted by atomic mass is 32.2. The van der Waals surface area contributed by atoms with E-state index in [0.717, 1.165) is 17.1 Å². The molecule has 0 amide bonds. The first-order valence-electron chi connectivity index (χ1n) is 8.60. The first-order valence-corrected chi connectivity index (χ1v) is 10.1. The maximum absolute atomic E-state index is 12.7. The summed E-state index contributed by atoms with van der Waals surface area (Å²) in [6.45, 7) is 1.74. The predicted molar refractivity (Wildman–Crippen MR) is 111 cm³/mol. The zero-order chi connectivity index (χ0) is 20.1.